The molecule has 0 aliphatic carbocycles. The molecule has 1 radical (unpaired) electrons. The molecule has 0 aliphatic rings. The molecule has 0 amide bonds. The molecule has 0 fully saturated rings. The van der Waals surface area contributed by atoms with Crippen LogP contribution >= 0.6 is 24.4 Å². The van der Waals surface area contributed by atoms with Crippen LogP contribution < -0.4 is 11.5 Å². The van der Waals surface area contributed by atoms with E-state index >= 15 is 0 Å². The molecule has 7 heteroatoms. The maximum absolute atomic E-state index is 4.66. The van der Waals surface area contributed by atoms with Crippen LogP contribution in [0.1, 0.15) is 0 Å². The van der Waals surface area contributed by atoms with Crippen molar-refractivity contribution < 1.29 is 17.1 Å². The van der Waals surface area contributed by atoms with Crippen molar-refractivity contribution in [3.63, 3.8) is 0 Å². The van der Waals surface area contributed by atoms with E-state index in [0.29, 0.717) is 0 Å². The average Bonchev–Trinajstić information content (AvgIpc) is 1.93. The van der Waals surface area contributed by atoms with Gasteiger partial charge in [-0.1, -0.05) is 8.64 Å². The van der Waals surface area contributed by atoms with Crippen LogP contribution in [-0.4, -0.2) is 8.64 Å². The molecule has 0 heterocycles. The summed E-state index contributed by atoms with van der Waals surface area (Å²) in [6.45, 7) is 12.0. The molecule has 0 bridgehead atoms. The molecule has 0 spiro atoms. The fraction of sp³-hybridized carbons (Fsp3) is 0. The van der Waals surface area contributed by atoms with E-state index in [1.807, 2.05) is 0 Å². The molecule has 0 rings (SSSR count). The zero-order chi connectivity index (χ0) is 11.2. The number of thiocarbonyl (C=S) groups is 2. The van der Waals surface area contributed by atoms with Gasteiger partial charge in [0.1, 0.15) is 0 Å². The molecule has 0 saturated carbocycles. The van der Waals surface area contributed by atoms with E-state index in [9.17, 15) is 0 Å². The normalized spacial score (nSPS) is 4.31. The summed E-state index contributed by atoms with van der Waals surface area (Å²) < 4.78 is 0.167. The molecule has 4 N–H and O–H groups in total. The van der Waals surface area contributed by atoms with Gasteiger partial charge in [-0.3, -0.25) is 0 Å². The topological polar surface area (TPSA) is 52.0 Å². The van der Waals surface area contributed by atoms with Crippen LogP contribution in [0.25, 0.3) is 0 Å². The molecule has 0 aromatic heterocycles. The number of rotatable bonds is 0. The molecular formula is C6H12MnN2S4. The van der Waals surface area contributed by atoms with E-state index in [-0.39, 0.29) is 25.7 Å². The first kappa shape index (κ1) is 29.2. The van der Waals surface area contributed by atoms with Gasteiger partial charge in [-0.05, 0) is 0 Å². The second kappa shape index (κ2) is 39.8. The van der Waals surface area contributed by atoms with E-state index < -0.39 is 0 Å². The Hall–Kier alpha value is 0.219. The fourth-order valence-corrected chi connectivity index (χ4v) is 0. The summed E-state index contributed by atoms with van der Waals surface area (Å²) in [5.41, 5.74) is 9.31. The van der Waals surface area contributed by atoms with Crippen molar-refractivity contribution in [3.05, 3.63) is 26.3 Å². The molecule has 0 saturated heterocycles. The minimum Gasteiger partial charge on any atom is -0.415 e. The van der Waals surface area contributed by atoms with Crippen LogP contribution in [0, 0.1) is 0 Å². The SMILES string of the molecule is C=C.C=C.NC(=S)[S-].NC(=S)[S-].[Mn+2]. The average molecular weight is 295 g/mol. The Bertz CT molecular complexity index is 99.2. The third-order valence-electron chi connectivity index (χ3n) is 0. The summed E-state index contributed by atoms with van der Waals surface area (Å²) in [4.78, 5) is 0. The molecule has 77 valence electrons. The maximum atomic E-state index is 4.66. The van der Waals surface area contributed by atoms with Crippen molar-refractivity contribution in [2.45, 2.75) is 0 Å². The standard InChI is InChI=1S/2C2H4.2CH3NS2.Mn/c2*1-2;2*2-1(3)4;/h2*1-2H2;2*(H3,2,3,4);/q;;;;+2/p-2. The first-order valence-electron chi connectivity index (χ1n) is 2.39. The Kier molecular flexibility index (Phi) is 89.4. The summed E-state index contributed by atoms with van der Waals surface area (Å²) in [6.07, 6.45) is 0. The van der Waals surface area contributed by atoms with Gasteiger partial charge in [0.2, 0.25) is 0 Å². The van der Waals surface area contributed by atoms with Crippen LogP contribution in [0.5, 0.6) is 0 Å². The van der Waals surface area contributed by atoms with E-state index in [2.05, 4.69) is 87.5 Å². The summed E-state index contributed by atoms with van der Waals surface area (Å²) in [7, 11) is 0. The molecular weight excluding hydrogens is 283 g/mol. The van der Waals surface area contributed by atoms with Crippen LogP contribution in [0.3, 0.4) is 0 Å². The number of hydrogen-bond acceptors (Lipinski definition) is 4. The van der Waals surface area contributed by atoms with E-state index in [1.54, 1.807) is 0 Å². The van der Waals surface area contributed by atoms with Crippen molar-refractivity contribution in [1.29, 1.82) is 0 Å². The maximum Gasteiger partial charge on any atom is 2.00 e. The predicted octanol–water partition coefficient (Wildman–Crippen LogP) is 1.16. The van der Waals surface area contributed by atoms with E-state index in [1.165, 1.54) is 0 Å². The summed E-state index contributed by atoms with van der Waals surface area (Å²) in [5, 5.41) is 0. The largest absolute Gasteiger partial charge is 2.00 e. The second-order valence-corrected chi connectivity index (χ2v) is 2.91. The Labute approximate surface area is 113 Å². The monoisotopic (exact) mass is 295 g/mol. The fourth-order valence-electron chi connectivity index (χ4n) is 0. The van der Waals surface area contributed by atoms with Crippen molar-refractivity contribution >= 4 is 58.3 Å². The number of hydrogen-bond donors (Lipinski definition) is 2. The Balaban J connectivity index is -0.0000000226. The minimum absolute atomic E-state index is 0. The van der Waals surface area contributed by atoms with Gasteiger partial charge >= 0.3 is 17.1 Å². The molecule has 0 unspecified atom stereocenters. The molecule has 0 aliphatic heterocycles. The van der Waals surface area contributed by atoms with Gasteiger partial charge in [-0.2, -0.15) is 0 Å². The van der Waals surface area contributed by atoms with Crippen LogP contribution in [-0.2, 0) is 42.3 Å². The third-order valence-corrected chi connectivity index (χ3v) is 0. The van der Waals surface area contributed by atoms with E-state index in [0.717, 1.165) is 0 Å². The van der Waals surface area contributed by atoms with E-state index in [4.69, 9.17) is 0 Å². The van der Waals surface area contributed by atoms with Crippen LogP contribution in [0.2, 0.25) is 0 Å². The zero-order valence-corrected chi connectivity index (χ0v) is 11.4. The second-order valence-electron chi connectivity index (χ2n) is 0.638. The van der Waals surface area contributed by atoms with Gasteiger partial charge in [0.25, 0.3) is 0 Å². The van der Waals surface area contributed by atoms with Gasteiger partial charge in [-0.25, -0.2) is 0 Å². The van der Waals surface area contributed by atoms with Gasteiger partial charge in [-0.15, -0.1) is 26.3 Å². The van der Waals surface area contributed by atoms with Gasteiger partial charge in [0.15, 0.2) is 0 Å². The number of nitrogens with two attached hydrogens (primary N) is 2. The minimum atomic E-state index is 0. The predicted molar refractivity (Wildman–Crippen MR) is 70.8 cm³/mol. The first-order valence-corrected chi connectivity index (χ1v) is 4.03. The first-order chi connectivity index (χ1) is 5.46. The van der Waals surface area contributed by atoms with Crippen molar-refractivity contribution in [2.75, 3.05) is 0 Å². The Morgan fingerprint density at radius 2 is 0.846 bits per heavy atom. The Morgan fingerprint density at radius 1 is 0.846 bits per heavy atom. The molecule has 13 heavy (non-hydrogen) atoms. The van der Waals surface area contributed by atoms with Crippen molar-refractivity contribution in [1.82, 2.24) is 0 Å². The van der Waals surface area contributed by atoms with Crippen LogP contribution in [0.15, 0.2) is 26.3 Å². The quantitative estimate of drug-likeness (QED) is 0.303. The Morgan fingerprint density at radius 3 is 0.846 bits per heavy atom. The molecule has 0 aromatic rings. The van der Waals surface area contributed by atoms with Crippen molar-refractivity contribution in [3.8, 4) is 0 Å². The van der Waals surface area contributed by atoms with Gasteiger partial charge < -0.3 is 61.2 Å². The summed E-state index contributed by atoms with van der Waals surface area (Å²) in [5.74, 6) is 0. The summed E-state index contributed by atoms with van der Waals surface area (Å²) >= 11 is 16.5. The van der Waals surface area contributed by atoms with Gasteiger partial charge in [0, 0.05) is 0 Å². The molecule has 2 nitrogen and oxygen atoms in total. The molecule has 0 aromatic carbocycles. The summed E-state index contributed by atoms with van der Waals surface area (Å²) in [6, 6.07) is 0. The third kappa shape index (κ3) is 26500. The van der Waals surface area contributed by atoms with Gasteiger partial charge in [0.05, 0.1) is 0 Å². The van der Waals surface area contributed by atoms with Crippen LogP contribution in [0.4, 0.5) is 0 Å². The smallest absolute Gasteiger partial charge is 0.415 e. The van der Waals surface area contributed by atoms with Crippen molar-refractivity contribution in [2.24, 2.45) is 11.5 Å². The molecule has 0 atom stereocenters. The zero-order valence-electron chi connectivity index (χ0n) is 6.99.